The number of halogens is 1. The predicted octanol–water partition coefficient (Wildman–Crippen LogP) is 1.91. The van der Waals surface area contributed by atoms with Crippen molar-refractivity contribution in [3.8, 4) is 11.3 Å². The molecule has 1 aromatic heterocycles. The van der Waals surface area contributed by atoms with E-state index in [1.807, 2.05) is 19.3 Å². The Kier molecular flexibility index (Phi) is 4.72. The second-order valence-electron chi connectivity index (χ2n) is 5.42. The zero-order valence-corrected chi connectivity index (χ0v) is 12.5. The number of rotatable bonds is 4. The fourth-order valence-electron chi connectivity index (χ4n) is 2.25. The molecular weight excluding hydrogens is 285 g/mol. The topological polar surface area (TPSA) is 77.1 Å². The molecule has 2 aromatic rings. The third-order valence-corrected chi connectivity index (χ3v) is 3.24. The smallest absolute Gasteiger partial charge is 0.270 e. The van der Waals surface area contributed by atoms with E-state index in [2.05, 4.69) is 0 Å². The minimum Gasteiger partial charge on any atom is -0.307 e. The fourth-order valence-corrected chi connectivity index (χ4v) is 2.25. The van der Waals surface area contributed by atoms with Crippen LogP contribution in [0.25, 0.3) is 11.3 Å². The molecule has 0 fully saturated rings. The number of hydrazine groups is 1. The van der Waals surface area contributed by atoms with Gasteiger partial charge in [-0.15, -0.1) is 0 Å². The molecule has 3 N–H and O–H groups in total. The average Bonchev–Trinajstić information content (AvgIpc) is 2.49. The number of carbonyl (C=O) groups excluding carboxylic acids is 1. The first-order chi connectivity index (χ1) is 10.4. The van der Waals surface area contributed by atoms with Crippen LogP contribution < -0.4 is 16.8 Å². The maximum Gasteiger partial charge on any atom is 0.270 e. The van der Waals surface area contributed by atoms with Crippen LogP contribution in [0.3, 0.4) is 0 Å². The quantitative estimate of drug-likeness (QED) is 0.514. The molecule has 0 saturated carbocycles. The van der Waals surface area contributed by atoms with E-state index in [-0.39, 0.29) is 17.3 Å². The zero-order chi connectivity index (χ0) is 16.3. The lowest BCUT2D eigenvalue weighted by molar-refractivity contribution is 0.0951. The second-order valence-corrected chi connectivity index (χ2v) is 5.42. The van der Waals surface area contributed by atoms with Gasteiger partial charge in [0.25, 0.3) is 11.5 Å². The first-order valence-electron chi connectivity index (χ1n) is 6.94. The third-order valence-electron chi connectivity index (χ3n) is 3.24. The van der Waals surface area contributed by atoms with E-state index in [1.54, 1.807) is 18.2 Å². The monoisotopic (exact) mass is 303 g/mol. The van der Waals surface area contributed by atoms with E-state index >= 15 is 0 Å². The summed E-state index contributed by atoms with van der Waals surface area (Å²) >= 11 is 0. The Bertz CT molecular complexity index is 736. The van der Waals surface area contributed by atoms with Crippen molar-refractivity contribution < 1.29 is 9.18 Å². The molecule has 0 atom stereocenters. The number of nitrogens with zero attached hydrogens (tertiary/aromatic N) is 1. The first-order valence-corrected chi connectivity index (χ1v) is 6.94. The van der Waals surface area contributed by atoms with Crippen molar-refractivity contribution in [1.82, 2.24) is 9.99 Å². The molecule has 1 heterocycles. The van der Waals surface area contributed by atoms with Crippen molar-refractivity contribution in [1.29, 1.82) is 0 Å². The Morgan fingerprint density at radius 2 is 1.86 bits per heavy atom. The Morgan fingerprint density at radius 1 is 1.23 bits per heavy atom. The number of hydrogen-bond acceptors (Lipinski definition) is 3. The summed E-state index contributed by atoms with van der Waals surface area (Å²) in [6, 6.07) is 8.97. The van der Waals surface area contributed by atoms with Gasteiger partial charge in [0, 0.05) is 6.54 Å². The third kappa shape index (κ3) is 3.23. The lowest BCUT2D eigenvalue weighted by Gasteiger charge is -2.16. The Labute approximate surface area is 127 Å². The van der Waals surface area contributed by atoms with Gasteiger partial charge >= 0.3 is 0 Å². The summed E-state index contributed by atoms with van der Waals surface area (Å²) in [5, 5.41) is 0. The number of nitrogen functional groups attached to an aromatic ring is 1. The highest BCUT2D eigenvalue weighted by molar-refractivity contribution is 5.93. The van der Waals surface area contributed by atoms with Crippen LogP contribution >= 0.6 is 0 Å². The van der Waals surface area contributed by atoms with E-state index in [1.165, 1.54) is 22.8 Å². The van der Waals surface area contributed by atoms with E-state index in [0.717, 1.165) is 0 Å². The second kappa shape index (κ2) is 6.53. The van der Waals surface area contributed by atoms with Gasteiger partial charge in [-0.1, -0.05) is 13.8 Å². The van der Waals surface area contributed by atoms with Crippen molar-refractivity contribution >= 4 is 5.91 Å². The molecule has 0 radical (unpaired) electrons. The minimum atomic E-state index is -0.631. The summed E-state index contributed by atoms with van der Waals surface area (Å²) in [7, 11) is 0. The molecule has 22 heavy (non-hydrogen) atoms. The first kappa shape index (κ1) is 15.9. The molecule has 5 nitrogen and oxygen atoms in total. The van der Waals surface area contributed by atoms with Crippen LogP contribution in [0, 0.1) is 11.7 Å². The van der Waals surface area contributed by atoms with Crippen LogP contribution in [0.15, 0.2) is 41.2 Å². The van der Waals surface area contributed by atoms with Crippen LogP contribution in [0.4, 0.5) is 4.39 Å². The number of aromatic nitrogens is 1. The van der Waals surface area contributed by atoms with Gasteiger partial charge in [0.15, 0.2) is 0 Å². The van der Waals surface area contributed by atoms with E-state index < -0.39 is 11.5 Å². The Hall–Kier alpha value is -2.47. The molecule has 0 unspecified atom stereocenters. The molecule has 0 aliphatic rings. The zero-order valence-electron chi connectivity index (χ0n) is 12.5. The van der Waals surface area contributed by atoms with Crippen LogP contribution in [-0.2, 0) is 6.54 Å². The Balaban J connectivity index is 2.63. The molecular formula is C16H18FN3O2. The highest BCUT2D eigenvalue weighted by atomic mass is 19.1. The summed E-state index contributed by atoms with van der Waals surface area (Å²) in [5.74, 6) is 4.32. The van der Waals surface area contributed by atoms with Gasteiger partial charge in [-0.3, -0.25) is 15.0 Å². The maximum atomic E-state index is 13.1. The number of benzene rings is 1. The molecule has 116 valence electrons. The normalized spacial score (nSPS) is 10.8. The van der Waals surface area contributed by atoms with Crippen molar-refractivity contribution in [3.63, 3.8) is 0 Å². The van der Waals surface area contributed by atoms with Crippen molar-refractivity contribution in [2.24, 2.45) is 11.8 Å². The van der Waals surface area contributed by atoms with Gasteiger partial charge in [-0.2, -0.15) is 0 Å². The number of nitrogens with two attached hydrogens (primary N) is 1. The molecule has 2 rings (SSSR count). The minimum absolute atomic E-state index is 0.0194. The van der Waals surface area contributed by atoms with Gasteiger partial charge < -0.3 is 4.57 Å². The summed E-state index contributed by atoms with van der Waals surface area (Å²) in [5.41, 5.74) is 2.87. The molecule has 0 aliphatic carbocycles. The molecule has 0 aliphatic heterocycles. The van der Waals surface area contributed by atoms with Crippen molar-refractivity contribution in [2.45, 2.75) is 20.4 Å². The summed E-state index contributed by atoms with van der Waals surface area (Å²) in [4.78, 5) is 24.2. The highest BCUT2D eigenvalue weighted by Gasteiger charge is 2.16. The number of pyridine rings is 1. The standard InChI is InChI=1S/C16H18FN3O2/c1-10(2)9-20-14(11-3-5-12(17)6-4-11)8-7-13(16(20)22)15(21)19-18/h3-8,10H,9,18H2,1-2H3,(H,19,21). The largest absolute Gasteiger partial charge is 0.307 e. The molecule has 0 bridgehead atoms. The fraction of sp³-hybridized carbons (Fsp3) is 0.250. The van der Waals surface area contributed by atoms with Gasteiger partial charge in [0.2, 0.25) is 0 Å². The van der Waals surface area contributed by atoms with Crippen LogP contribution in [-0.4, -0.2) is 10.5 Å². The Morgan fingerprint density at radius 3 is 2.41 bits per heavy atom. The molecule has 1 aromatic carbocycles. The lowest BCUT2D eigenvalue weighted by Crippen LogP contribution is -2.37. The van der Waals surface area contributed by atoms with Crippen molar-refractivity contribution in [2.75, 3.05) is 0 Å². The summed E-state index contributed by atoms with van der Waals surface area (Å²) in [6.07, 6.45) is 0. The molecule has 0 saturated heterocycles. The summed E-state index contributed by atoms with van der Waals surface area (Å²) in [6.45, 7) is 4.38. The number of carbonyl (C=O) groups is 1. The van der Waals surface area contributed by atoms with Gasteiger partial charge in [-0.05, 0) is 47.9 Å². The maximum absolute atomic E-state index is 13.1. The number of hydrogen-bond donors (Lipinski definition) is 2. The van der Waals surface area contributed by atoms with Gasteiger partial charge in [-0.25, -0.2) is 10.2 Å². The molecule has 1 amide bonds. The highest BCUT2D eigenvalue weighted by Crippen LogP contribution is 2.20. The van der Waals surface area contributed by atoms with Crippen molar-refractivity contribution in [3.05, 3.63) is 58.1 Å². The summed E-state index contributed by atoms with van der Waals surface area (Å²) < 4.78 is 14.6. The SMILES string of the molecule is CC(C)Cn1c(-c2ccc(F)cc2)ccc(C(=O)NN)c1=O. The van der Waals surface area contributed by atoms with Crippen LogP contribution in [0.1, 0.15) is 24.2 Å². The lowest BCUT2D eigenvalue weighted by atomic mass is 10.1. The van der Waals surface area contributed by atoms with Crippen LogP contribution in [0.5, 0.6) is 0 Å². The average molecular weight is 303 g/mol. The van der Waals surface area contributed by atoms with E-state index in [0.29, 0.717) is 17.8 Å². The molecule has 6 heteroatoms. The number of amides is 1. The van der Waals surface area contributed by atoms with E-state index in [9.17, 15) is 14.0 Å². The number of nitrogens with one attached hydrogen (secondary N) is 1. The predicted molar refractivity (Wildman–Crippen MR) is 82.6 cm³/mol. The van der Waals surface area contributed by atoms with Crippen LogP contribution in [0.2, 0.25) is 0 Å². The molecule has 0 spiro atoms. The van der Waals surface area contributed by atoms with Gasteiger partial charge in [0.05, 0.1) is 5.69 Å². The van der Waals surface area contributed by atoms with Gasteiger partial charge in [0.1, 0.15) is 11.4 Å². The van der Waals surface area contributed by atoms with E-state index in [4.69, 9.17) is 5.84 Å².